The molecule has 1 unspecified atom stereocenters. The smallest absolute Gasteiger partial charge is 0.387 e. The highest BCUT2D eigenvalue weighted by Crippen LogP contribution is 2.24. The number of hydrogen-bond acceptors (Lipinski definition) is 4. The maximum atomic E-state index is 12.2. The van der Waals surface area contributed by atoms with Crippen LogP contribution >= 0.6 is 0 Å². The molecule has 0 aliphatic carbocycles. The normalized spacial score (nSPS) is 15.8. The molecule has 8 heteroatoms. The quantitative estimate of drug-likeness (QED) is 0.661. The second-order valence-electron chi connectivity index (χ2n) is 7.04. The van der Waals surface area contributed by atoms with Crippen LogP contribution in [-0.4, -0.2) is 43.7 Å². The maximum absolute atomic E-state index is 12.2. The summed E-state index contributed by atoms with van der Waals surface area (Å²) in [5.74, 6) is 0.981. The fourth-order valence-corrected chi connectivity index (χ4v) is 3.53. The number of amides is 2. The summed E-state index contributed by atoms with van der Waals surface area (Å²) in [5, 5.41) is 5.76. The molecule has 1 saturated heterocycles. The van der Waals surface area contributed by atoms with E-state index in [1.165, 1.54) is 18.6 Å². The standard InChI is InChI=1S/C21H27F2N3O3/c22-20(23)29-17-8-6-16(7-9-17)10-11-24-21(27)25-15-18(19-5-4-14-28-19)26-12-2-1-3-13-26/h4-9,14,18,20H,1-3,10-13,15H2,(H2,24,25,27). The molecular weight excluding hydrogens is 380 g/mol. The number of benzene rings is 1. The van der Waals surface area contributed by atoms with E-state index in [1.54, 1.807) is 18.4 Å². The van der Waals surface area contributed by atoms with Crippen molar-refractivity contribution in [1.82, 2.24) is 15.5 Å². The second-order valence-corrected chi connectivity index (χ2v) is 7.04. The molecule has 2 aromatic rings. The van der Waals surface area contributed by atoms with E-state index in [2.05, 4.69) is 20.3 Å². The van der Waals surface area contributed by atoms with Crippen molar-refractivity contribution in [3.8, 4) is 5.75 Å². The Balaban J connectivity index is 1.42. The summed E-state index contributed by atoms with van der Waals surface area (Å²) in [5.41, 5.74) is 0.925. The molecule has 0 saturated carbocycles. The van der Waals surface area contributed by atoms with E-state index in [1.807, 2.05) is 12.1 Å². The van der Waals surface area contributed by atoms with Crippen molar-refractivity contribution in [2.75, 3.05) is 26.2 Å². The van der Waals surface area contributed by atoms with Crippen molar-refractivity contribution in [2.45, 2.75) is 38.3 Å². The molecule has 0 radical (unpaired) electrons. The molecule has 3 rings (SSSR count). The Hall–Kier alpha value is -2.61. The van der Waals surface area contributed by atoms with Crippen molar-refractivity contribution in [1.29, 1.82) is 0 Å². The number of halogens is 2. The molecule has 158 valence electrons. The lowest BCUT2D eigenvalue weighted by Gasteiger charge is -2.33. The minimum atomic E-state index is -2.83. The Morgan fingerprint density at radius 1 is 1.10 bits per heavy atom. The lowest BCUT2D eigenvalue weighted by Crippen LogP contribution is -2.44. The van der Waals surface area contributed by atoms with Gasteiger partial charge in [-0.2, -0.15) is 8.78 Å². The van der Waals surface area contributed by atoms with Crippen molar-refractivity contribution in [2.24, 2.45) is 0 Å². The Morgan fingerprint density at radius 2 is 1.86 bits per heavy atom. The van der Waals surface area contributed by atoms with Gasteiger partial charge in [-0.15, -0.1) is 0 Å². The first-order chi connectivity index (χ1) is 14.1. The number of urea groups is 1. The van der Waals surface area contributed by atoms with Gasteiger partial charge in [-0.3, -0.25) is 4.90 Å². The summed E-state index contributed by atoms with van der Waals surface area (Å²) in [6.07, 6.45) is 5.81. The maximum Gasteiger partial charge on any atom is 0.387 e. The predicted octanol–water partition coefficient (Wildman–Crippen LogP) is 3.95. The predicted molar refractivity (Wildman–Crippen MR) is 105 cm³/mol. The zero-order valence-corrected chi connectivity index (χ0v) is 16.3. The van der Waals surface area contributed by atoms with E-state index in [0.29, 0.717) is 19.5 Å². The summed E-state index contributed by atoms with van der Waals surface area (Å²) < 4.78 is 34.2. The number of alkyl halides is 2. The van der Waals surface area contributed by atoms with Gasteiger partial charge in [0.2, 0.25) is 0 Å². The van der Waals surface area contributed by atoms with Crippen LogP contribution in [-0.2, 0) is 6.42 Å². The first-order valence-electron chi connectivity index (χ1n) is 9.95. The van der Waals surface area contributed by atoms with Gasteiger partial charge in [-0.1, -0.05) is 18.6 Å². The van der Waals surface area contributed by atoms with Gasteiger partial charge in [-0.25, -0.2) is 4.79 Å². The van der Waals surface area contributed by atoms with Gasteiger partial charge in [0, 0.05) is 13.1 Å². The van der Waals surface area contributed by atoms with Crippen molar-refractivity contribution >= 4 is 6.03 Å². The molecule has 1 fully saturated rings. The van der Waals surface area contributed by atoms with Crippen LogP contribution in [0.3, 0.4) is 0 Å². The van der Waals surface area contributed by atoms with E-state index in [9.17, 15) is 13.6 Å². The molecule has 6 nitrogen and oxygen atoms in total. The monoisotopic (exact) mass is 407 g/mol. The van der Waals surface area contributed by atoms with Gasteiger partial charge in [0.05, 0.1) is 12.3 Å². The van der Waals surface area contributed by atoms with Crippen LogP contribution < -0.4 is 15.4 Å². The number of nitrogens with one attached hydrogen (secondary N) is 2. The van der Waals surface area contributed by atoms with E-state index >= 15 is 0 Å². The summed E-state index contributed by atoms with van der Waals surface area (Å²) in [6, 6.07) is 10.0. The van der Waals surface area contributed by atoms with Crippen molar-refractivity contribution in [3.05, 3.63) is 54.0 Å². The molecule has 1 atom stereocenters. The van der Waals surface area contributed by atoms with Gasteiger partial charge in [-0.05, 0) is 62.2 Å². The molecule has 1 aromatic carbocycles. The van der Waals surface area contributed by atoms with Gasteiger partial charge in [0.1, 0.15) is 11.5 Å². The van der Waals surface area contributed by atoms with Crippen LogP contribution in [0, 0.1) is 0 Å². The van der Waals surface area contributed by atoms with Crippen LogP contribution in [0.5, 0.6) is 5.75 Å². The van der Waals surface area contributed by atoms with E-state index in [4.69, 9.17) is 4.42 Å². The van der Waals surface area contributed by atoms with E-state index in [0.717, 1.165) is 37.3 Å². The zero-order chi connectivity index (χ0) is 20.5. The number of nitrogens with zero attached hydrogens (tertiary/aromatic N) is 1. The third-order valence-corrected chi connectivity index (χ3v) is 5.01. The minimum Gasteiger partial charge on any atom is -0.468 e. The zero-order valence-electron chi connectivity index (χ0n) is 16.3. The fraction of sp³-hybridized carbons (Fsp3) is 0.476. The molecule has 2 heterocycles. The van der Waals surface area contributed by atoms with Gasteiger partial charge in [0.25, 0.3) is 0 Å². The van der Waals surface area contributed by atoms with Crippen LogP contribution in [0.15, 0.2) is 47.1 Å². The first kappa shape index (κ1) is 21.1. The summed E-state index contributed by atoms with van der Waals surface area (Å²) in [4.78, 5) is 14.5. The number of piperidine rings is 1. The first-order valence-corrected chi connectivity index (χ1v) is 9.95. The van der Waals surface area contributed by atoms with E-state index < -0.39 is 6.61 Å². The topological polar surface area (TPSA) is 66.7 Å². The Labute approximate surface area is 169 Å². The van der Waals surface area contributed by atoms with Gasteiger partial charge < -0.3 is 19.8 Å². The number of likely N-dealkylation sites (tertiary alicyclic amines) is 1. The highest BCUT2D eigenvalue weighted by molar-refractivity contribution is 5.73. The van der Waals surface area contributed by atoms with Crippen LogP contribution in [0.4, 0.5) is 13.6 Å². The van der Waals surface area contributed by atoms with Gasteiger partial charge in [0.15, 0.2) is 0 Å². The largest absolute Gasteiger partial charge is 0.468 e. The van der Waals surface area contributed by atoms with E-state index in [-0.39, 0.29) is 17.8 Å². The molecule has 1 aromatic heterocycles. The Kier molecular flexibility index (Phi) is 7.86. The fourth-order valence-electron chi connectivity index (χ4n) is 3.53. The Bertz CT molecular complexity index is 732. The average molecular weight is 407 g/mol. The molecule has 29 heavy (non-hydrogen) atoms. The second kappa shape index (κ2) is 10.8. The number of ether oxygens (including phenoxy) is 1. The Morgan fingerprint density at radius 3 is 2.52 bits per heavy atom. The lowest BCUT2D eigenvalue weighted by molar-refractivity contribution is -0.0498. The average Bonchev–Trinajstić information content (AvgIpc) is 3.24. The number of carbonyl (C=O) groups is 1. The highest BCUT2D eigenvalue weighted by atomic mass is 19.3. The summed E-state index contributed by atoms with van der Waals surface area (Å²) in [6.45, 7) is 0.0793. The third-order valence-electron chi connectivity index (χ3n) is 5.01. The molecule has 0 bridgehead atoms. The molecule has 1 aliphatic rings. The van der Waals surface area contributed by atoms with Crippen LogP contribution in [0.1, 0.15) is 36.6 Å². The number of rotatable bonds is 9. The minimum absolute atomic E-state index is 0.0263. The molecule has 2 N–H and O–H groups in total. The summed E-state index contributed by atoms with van der Waals surface area (Å²) in [7, 11) is 0. The molecular formula is C21H27F2N3O3. The van der Waals surface area contributed by atoms with Gasteiger partial charge >= 0.3 is 12.6 Å². The molecule has 2 amide bonds. The third kappa shape index (κ3) is 6.74. The number of carbonyl (C=O) groups excluding carboxylic acids is 1. The molecule has 0 spiro atoms. The summed E-state index contributed by atoms with van der Waals surface area (Å²) >= 11 is 0. The van der Waals surface area contributed by atoms with Crippen molar-refractivity contribution < 1.29 is 22.7 Å². The lowest BCUT2D eigenvalue weighted by atomic mass is 10.1. The van der Waals surface area contributed by atoms with Crippen molar-refractivity contribution in [3.63, 3.8) is 0 Å². The van der Waals surface area contributed by atoms with Crippen LogP contribution in [0.2, 0.25) is 0 Å². The SMILES string of the molecule is O=C(NCCc1ccc(OC(F)F)cc1)NCC(c1ccco1)N1CCCCC1. The number of furan rings is 1. The van der Waals surface area contributed by atoms with Crippen LogP contribution in [0.25, 0.3) is 0 Å². The highest BCUT2D eigenvalue weighted by Gasteiger charge is 2.24. The molecule has 1 aliphatic heterocycles. The number of hydrogen-bond donors (Lipinski definition) is 2.